The second-order valence-electron chi connectivity index (χ2n) is 6.92. The van der Waals surface area contributed by atoms with Gasteiger partial charge in [-0.1, -0.05) is 25.7 Å². The first-order chi connectivity index (χ1) is 12.3. The lowest BCUT2D eigenvalue weighted by molar-refractivity contribution is 0.0889. The van der Waals surface area contributed by atoms with Crippen LogP contribution in [0.2, 0.25) is 0 Å². The number of oxazole rings is 1. The second kappa shape index (κ2) is 7.39. The molecule has 4 rings (SSSR count). The summed E-state index contributed by atoms with van der Waals surface area (Å²) in [5.41, 5.74) is 1.39. The topological polar surface area (TPSA) is 93.0 Å². The zero-order valence-corrected chi connectivity index (χ0v) is 14.3. The number of hydrogen-bond acceptors (Lipinski definition) is 5. The van der Waals surface area contributed by atoms with Gasteiger partial charge in [-0.3, -0.25) is 9.89 Å². The highest BCUT2D eigenvalue weighted by Gasteiger charge is 2.28. The van der Waals surface area contributed by atoms with Crippen molar-refractivity contribution in [2.75, 3.05) is 11.9 Å². The smallest absolute Gasteiger partial charge is 0.279 e. The Hall–Kier alpha value is -2.15. The quantitative estimate of drug-likeness (QED) is 0.820. The molecular formula is C18H24N4O3. The molecule has 0 radical (unpaired) electrons. The molecule has 134 valence electrons. The van der Waals surface area contributed by atoms with Crippen molar-refractivity contribution in [2.24, 2.45) is 0 Å². The molecular weight excluding hydrogens is 320 g/mol. The number of anilines is 1. The van der Waals surface area contributed by atoms with E-state index in [0.717, 1.165) is 18.5 Å². The average Bonchev–Trinajstić information content (AvgIpc) is 3.33. The Balaban J connectivity index is 1.44. The van der Waals surface area contributed by atoms with Crippen LogP contribution in [-0.4, -0.2) is 27.7 Å². The predicted molar refractivity (Wildman–Crippen MR) is 91.4 cm³/mol. The molecule has 2 aliphatic rings. The third-order valence-electron chi connectivity index (χ3n) is 5.17. The zero-order valence-electron chi connectivity index (χ0n) is 14.3. The number of carbonyl (C=O) groups excluding carboxylic acids is 1. The fourth-order valence-corrected chi connectivity index (χ4v) is 3.81. The summed E-state index contributed by atoms with van der Waals surface area (Å²) in [6.45, 7) is 0.691. The van der Waals surface area contributed by atoms with Gasteiger partial charge in [0, 0.05) is 24.3 Å². The summed E-state index contributed by atoms with van der Waals surface area (Å²) in [5, 5.41) is 10.2. The monoisotopic (exact) mass is 344 g/mol. The van der Waals surface area contributed by atoms with Crippen molar-refractivity contribution in [3.05, 3.63) is 29.6 Å². The van der Waals surface area contributed by atoms with Crippen LogP contribution in [0, 0.1) is 0 Å². The van der Waals surface area contributed by atoms with Gasteiger partial charge in [-0.25, -0.2) is 4.98 Å². The van der Waals surface area contributed by atoms with Gasteiger partial charge < -0.3 is 14.5 Å². The molecule has 25 heavy (non-hydrogen) atoms. The Morgan fingerprint density at radius 3 is 2.76 bits per heavy atom. The highest BCUT2D eigenvalue weighted by molar-refractivity contribution is 6.03. The van der Waals surface area contributed by atoms with Crippen LogP contribution in [0.3, 0.4) is 0 Å². The SMILES string of the molecule is O=C(Nc1cc(C2CCCCCC2)[nH]n1)c1ncoc1C1CCCO1. The number of H-pyrrole nitrogens is 1. The Kier molecular flexibility index (Phi) is 4.83. The number of amides is 1. The Bertz CT molecular complexity index is 709. The van der Waals surface area contributed by atoms with Crippen LogP contribution in [0.15, 0.2) is 16.9 Å². The van der Waals surface area contributed by atoms with Gasteiger partial charge in [0.1, 0.15) is 6.10 Å². The second-order valence-corrected chi connectivity index (χ2v) is 6.92. The molecule has 0 aromatic carbocycles. The van der Waals surface area contributed by atoms with Gasteiger partial charge in [-0.05, 0) is 25.7 Å². The molecule has 0 spiro atoms. The van der Waals surface area contributed by atoms with Crippen LogP contribution >= 0.6 is 0 Å². The van der Waals surface area contributed by atoms with Crippen LogP contribution in [0.1, 0.15) is 85.3 Å². The molecule has 1 saturated carbocycles. The van der Waals surface area contributed by atoms with E-state index in [1.165, 1.54) is 44.9 Å². The van der Waals surface area contributed by atoms with Gasteiger partial charge in [0.15, 0.2) is 23.7 Å². The minimum Gasteiger partial charge on any atom is -0.445 e. The lowest BCUT2D eigenvalue weighted by atomic mass is 9.97. The van der Waals surface area contributed by atoms with Gasteiger partial charge in [-0.2, -0.15) is 5.10 Å². The number of nitrogens with one attached hydrogen (secondary N) is 2. The first-order valence-electron chi connectivity index (χ1n) is 9.23. The molecule has 1 atom stereocenters. The van der Waals surface area contributed by atoms with Crippen molar-refractivity contribution < 1.29 is 13.9 Å². The summed E-state index contributed by atoms with van der Waals surface area (Å²) >= 11 is 0. The lowest BCUT2D eigenvalue weighted by Crippen LogP contribution is -2.15. The molecule has 2 aromatic rings. The predicted octanol–water partition coefficient (Wildman–Crippen LogP) is 3.94. The summed E-state index contributed by atoms with van der Waals surface area (Å²) < 4.78 is 11.0. The summed E-state index contributed by atoms with van der Waals surface area (Å²) in [6.07, 6.45) is 10.4. The molecule has 1 amide bonds. The van der Waals surface area contributed by atoms with Crippen LogP contribution in [0.25, 0.3) is 0 Å². The third-order valence-corrected chi connectivity index (χ3v) is 5.17. The molecule has 3 heterocycles. The van der Waals surface area contributed by atoms with Crippen molar-refractivity contribution in [1.82, 2.24) is 15.2 Å². The van der Waals surface area contributed by atoms with Crippen LogP contribution in [0.4, 0.5) is 5.82 Å². The van der Waals surface area contributed by atoms with E-state index >= 15 is 0 Å². The number of hydrogen-bond donors (Lipinski definition) is 2. The standard InChI is InChI=1S/C18H24N4O3/c23-18(16-17(25-11-19-16)14-8-5-9-24-14)20-15-10-13(21-22-15)12-6-3-1-2-4-7-12/h10-12,14H,1-9H2,(H2,20,21,22,23). The maximum Gasteiger partial charge on any atom is 0.279 e. The fourth-order valence-electron chi connectivity index (χ4n) is 3.81. The molecule has 1 unspecified atom stereocenters. The van der Waals surface area contributed by atoms with Crippen molar-refractivity contribution in [1.29, 1.82) is 0 Å². The first kappa shape index (κ1) is 16.3. The van der Waals surface area contributed by atoms with Crippen molar-refractivity contribution >= 4 is 11.7 Å². The van der Waals surface area contributed by atoms with Gasteiger partial charge in [0.2, 0.25) is 0 Å². The average molecular weight is 344 g/mol. The number of carbonyl (C=O) groups is 1. The molecule has 7 nitrogen and oxygen atoms in total. The van der Waals surface area contributed by atoms with Crippen LogP contribution in [0.5, 0.6) is 0 Å². The van der Waals surface area contributed by atoms with E-state index in [2.05, 4.69) is 20.5 Å². The number of aromatic amines is 1. The largest absolute Gasteiger partial charge is 0.445 e. The van der Waals surface area contributed by atoms with E-state index in [1.807, 2.05) is 6.07 Å². The number of rotatable bonds is 4. The van der Waals surface area contributed by atoms with E-state index in [9.17, 15) is 4.79 Å². The molecule has 1 aliphatic heterocycles. The van der Waals surface area contributed by atoms with Crippen molar-refractivity contribution in [3.63, 3.8) is 0 Å². The van der Waals surface area contributed by atoms with E-state index in [0.29, 0.717) is 24.1 Å². The van der Waals surface area contributed by atoms with Gasteiger partial charge in [0.25, 0.3) is 5.91 Å². The molecule has 7 heteroatoms. The molecule has 0 bridgehead atoms. The Morgan fingerprint density at radius 2 is 2.00 bits per heavy atom. The molecule has 2 N–H and O–H groups in total. The Morgan fingerprint density at radius 1 is 1.16 bits per heavy atom. The van der Waals surface area contributed by atoms with E-state index in [-0.39, 0.29) is 17.7 Å². The summed E-state index contributed by atoms with van der Waals surface area (Å²) in [6, 6.07) is 1.94. The number of nitrogens with zero attached hydrogens (tertiary/aromatic N) is 2. The van der Waals surface area contributed by atoms with Crippen molar-refractivity contribution in [3.8, 4) is 0 Å². The summed E-state index contributed by atoms with van der Waals surface area (Å²) in [5.74, 6) is 1.24. The van der Waals surface area contributed by atoms with Crippen LogP contribution in [-0.2, 0) is 4.74 Å². The number of aromatic nitrogens is 3. The molecule has 2 aromatic heterocycles. The highest BCUT2D eigenvalue weighted by atomic mass is 16.5. The Labute approximate surface area is 146 Å². The van der Waals surface area contributed by atoms with Crippen LogP contribution < -0.4 is 5.32 Å². The van der Waals surface area contributed by atoms with E-state index in [1.54, 1.807) is 0 Å². The lowest BCUT2D eigenvalue weighted by Gasteiger charge is -2.10. The summed E-state index contributed by atoms with van der Waals surface area (Å²) in [4.78, 5) is 16.6. The highest BCUT2D eigenvalue weighted by Crippen LogP contribution is 2.32. The minimum absolute atomic E-state index is 0.177. The van der Waals surface area contributed by atoms with E-state index < -0.39 is 0 Å². The molecule has 2 fully saturated rings. The maximum absolute atomic E-state index is 12.6. The maximum atomic E-state index is 12.6. The molecule has 1 saturated heterocycles. The third kappa shape index (κ3) is 3.61. The van der Waals surface area contributed by atoms with Crippen molar-refractivity contribution in [2.45, 2.75) is 63.4 Å². The first-order valence-corrected chi connectivity index (χ1v) is 9.23. The number of ether oxygens (including phenoxy) is 1. The fraction of sp³-hybridized carbons (Fsp3) is 0.611. The van der Waals surface area contributed by atoms with Gasteiger partial charge in [0.05, 0.1) is 0 Å². The normalized spacial score (nSPS) is 22.0. The van der Waals surface area contributed by atoms with Gasteiger partial charge >= 0.3 is 0 Å². The summed E-state index contributed by atoms with van der Waals surface area (Å²) in [7, 11) is 0. The van der Waals surface area contributed by atoms with Gasteiger partial charge in [-0.15, -0.1) is 0 Å². The minimum atomic E-state index is -0.307. The van der Waals surface area contributed by atoms with E-state index in [4.69, 9.17) is 9.15 Å². The zero-order chi connectivity index (χ0) is 17.1. The molecule has 1 aliphatic carbocycles.